The molecule has 2 aromatic carbocycles. The fraction of sp³-hybridized carbons (Fsp3) is 0.393. The standard InChI is InChI=1S/C28H32N4O2/c33-26(20-31-18-15-29-21-31)32-16-12-28(13-17-32)19-25(28)27(34)30-14-11-24(22-7-3-1-4-8-22)23-9-5-2-6-10-23/h1-10,15,18,21,24-25H,11-14,16-17,19-20H2,(H,30,34)/t25-/m0/s1. The summed E-state index contributed by atoms with van der Waals surface area (Å²) in [6.45, 7) is 2.47. The van der Waals surface area contributed by atoms with Gasteiger partial charge in [0.25, 0.3) is 0 Å². The maximum Gasteiger partial charge on any atom is 0.242 e. The molecule has 6 heteroatoms. The fourth-order valence-corrected chi connectivity index (χ4v) is 5.47. The van der Waals surface area contributed by atoms with E-state index in [0.717, 1.165) is 38.8 Å². The number of carbonyl (C=O) groups is 2. The van der Waals surface area contributed by atoms with Gasteiger partial charge in [-0.3, -0.25) is 9.59 Å². The van der Waals surface area contributed by atoms with Crippen molar-refractivity contribution in [3.8, 4) is 0 Å². The van der Waals surface area contributed by atoms with E-state index in [1.54, 1.807) is 17.1 Å². The Hall–Kier alpha value is -3.41. The molecule has 6 nitrogen and oxygen atoms in total. The van der Waals surface area contributed by atoms with Crippen LogP contribution in [0.4, 0.5) is 0 Å². The summed E-state index contributed by atoms with van der Waals surface area (Å²) in [6.07, 6.45) is 8.82. The highest BCUT2D eigenvalue weighted by Gasteiger charge is 2.58. The van der Waals surface area contributed by atoms with Crippen molar-refractivity contribution in [1.29, 1.82) is 0 Å². The molecule has 2 fully saturated rings. The van der Waals surface area contributed by atoms with Gasteiger partial charge in [0.05, 0.1) is 6.33 Å². The van der Waals surface area contributed by atoms with Gasteiger partial charge in [-0.1, -0.05) is 60.7 Å². The zero-order chi connectivity index (χ0) is 23.4. The minimum atomic E-state index is 0.0882. The summed E-state index contributed by atoms with van der Waals surface area (Å²) in [5.41, 5.74) is 2.64. The summed E-state index contributed by atoms with van der Waals surface area (Å²) >= 11 is 0. The highest BCUT2D eigenvalue weighted by molar-refractivity contribution is 5.83. The molecule has 1 aliphatic heterocycles. The Morgan fingerprint density at radius 3 is 2.24 bits per heavy atom. The fourth-order valence-electron chi connectivity index (χ4n) is 5.47. The van der Waals surface area contributed by atoms with Crippen LogP contribution in [-0.2, 0) is 16.1 Å². The molecule has 2 amide bonds. The van der Waals surface area contributed by atoms with E-state index >= 15 is 0 Å². The molecule has 0 unspecified atom stereocenters. The van der Waals surface area contributed by atoms with E-state index in [2.05, 4.69) is 58.8 Å². The number of benzene rings is 2. The number of hydrogen-bond donors (Lipinski definition) is 1. The molecule has 1 aliphatic carbocycles. The molecule has 1 saturated heterocycles. The Morgan fingerprint density at radius 1 is 1.00 bits per heavy atom. The molecule has 176 valence electrons. The molecule has 1 aromatic heterocycles. The van der Waals surface area contributed by atoms with Gasteiger partial charge in [-0.25, -0.2) is 4.98 Å². The number of carbonyl (C=O) groups excluding carboxylic acids is 2. The summed E-state index contributed by atoms with van der Waals surface area (Å²) in [6, 6.07) is 21.0. The molecule has 34 heavy (non-hydrogen) atoms. The Labute approximate surface area is 201 Å². The second kappa shape index (κ2) is 9.84. The zero-order valence-corrected chi connectivity index (χ0v) is 19.5. The van der Waals surface area contributed by atoms with Gasteiger partial charge in [-0.05, 0) is 42.2 Å². The van der Waals surface area contributed by atoms with E-state index in [0.29, 0.717) is 13.1 Å². The first kappa shape index (κ1) is 22.4. The Kier molecular flexibility index (Phi) is 6.48. The van der Waals surface area contributed by atoms with E-state index in [-0.39, 0.29) is 29.1 Å². The van der Waals surface area contributed by atoms with Gasteiger partial charge in [-0.2, -0.15) is 0 Å². The quantitative estimate of drug-likeness (QED) is 0.560. The number of rotatable bonds is 8. The number of nitrogens with zero attached hydrogens (tertiary/aromatic N) is 3. The van der Waals surface area contributed by atoms with Crippen molar-refractivity contribution in [2.24, 2.45) is 11.3 Å². The number of aromatic nitrogens is 2. The SMILES string of the molecule is O=C(NCCC(c1ccccc1)c1ccccc1)[C@@H]1CC12CCN(C(=O)Cn1ccnc1)CC2. The van der Waals surface area contributed by atoms with Gasteiger partial charge in [-0.15, -0.1) is 0 Å². The Morgan fingerprint density at radius 2 is 1.65 bits per heavy atom. The normalized spacial score (nSPS) is 18.7. The third-order valence-corrected chi connectivity index (χ3v) is 7.63. The molecule has 1 atom stereocenters. The van der Waals surface area contributed by atoms with Crippen LogP contribution in [0.25, 0.3) is 0 Å². The van der Waals surface area contributed by atoms with E-state index in [4.69, 9.17) is 0 Å². The van der Waals surface area contributed by atoms with Gasteiger partial charge < -0.3 is 14.8 Å². The van der Waals surface area contributed by atoms with Crippen LogP contribution in [0.2, 0.25) is 0 Å². The second-order valence-electron chi connectivity index (χ2n) is 9.69. The van der Waals surface area contributed by atoms with Gasteiger partial charge in [0.1, 0.15) is 6.54 Å². The topological polar surface area (TPSA) is 67.2 Å². The summed E-state index contributed by atoms with van der Waals surface area (Å²) in [5.74, 6) is 0.659. The number of likely N-dealkylation sites (tertiary alicyclic amines) is 1. The first-order valence-corrected chi connectivity index (χ1v) is 12.3. The largest absolute Gasteiger partial charge is 0.356 e. The van der Waals surface area contributed by atoms with Crippen molar-refractivity contribution in [3.63, 3.8) is 0 Å². The van der Waals surface area contributed by atoms with Crippen LogP contribution in [0.5, 0.6) is 0 Å². The van der Waals surface area contributed by atoms with Gasteiger partial charge in [0, 0.05) is 43.9 Å². The predicted molar refractivity (Wildman–Crippen MR) is 131 cm³/mol. The third kappa shape index (κ3) is 4.91. The Bertz CT molecular complexity index is 1050. The average molecular weight is 457 g/mol. The Balaban J connectivity index is 1.11. The van der Waals surface area contributed by atoms with E-state index in [9.17, 15) is 9.59 Å². The molecular weight excluding hydrogens is 424 g/mol. The van der Waals surface area contributed by atoms with Crippen molar-refractivity contribution in [2.75, 3.05) is 19.6 Å². The van der Waals surface area contributed by atoms with E-state index in [1.807, 2.05) is 23.2 Å². The zero-order valence-electron chi connectivity index (χ0n) is 19.5. The van der Waals surface area contributed by atoms with Crippen LogP contribution in [0.15, 0.2) is 79.4 Å². The number of amides is 2. The highest BCUT2D eigenvalue weighted by Crippen LogP contribution is 2.59. The first-order chi connectivity index (χ1) is 16.6. The summed E-state index contributed by atoms with van der Waals surface area (Å²) < 4.78 is 1.80. The lowest BCUT2D eigenvalue weighted by atomic mass is 9.88. The maximum atomic E-state index is 13.0. The minimum Gasteiger partial charge on any atom is -0.356 e. The number of piperidine rings is 1. The van der Waals surface area contributed by atoms with Gasteiger partial charge >= 0.3 is 0 Å². The van der Waals surface area contributed by atoms with Crippen molar-refractivity contribution < 1.29 is 9.59 Å². The predicted octanol–water partition coefficient (Wildman–Crippen LogP) is 3.85. The molecule has 3 aromatic rings. The monoisotopic (exact) mass is 456 g/mol. The van der Waals surface area contributed by atoms with Crippen LogP contribution in [0, 0.1) is 11.3 Å². The van der Waals surface area contributed by atoms with Crippen LogP contribution in [0.3, 0.4) is 0 Å². The molecule has 2 heterocycles. The van der Waals surface area contributed by atoms with Crippen LogP contribution in [0.1, 0.15) is 42.7 Å². The minimum absolute atomic E-state index is 0.0882. The summed E-state index contributed by atoms with van der Waals surface area (Å²) in [4.78, 5) is 31.4. The molecular formula is C28H32N4O2. The number of nitrogens with one attached hydrogen (secondary N) is 1. The smallest absolute Gasteiger partial charge is 0.242 e. The lowest BCUT2D eigenvalue weighted by Gasteiger charge is -2.33. The maximum absolute atomic E-state index is 13.0. The van der Waals surface area contributed by atoms with Gasteiger partial charge in [0.15, 0.2) is 0 Å². The lowest BCUT2D eigenvalue weighted by molar-refractivity contribution is -0.133. The molecule has 1 saturated carbocycles. The first-order valence-electron chi connectivity index (χ1n) is 12.3. The van der Waals surface area contributed by atoms with Crippen LogP contribution < -0.4 is 5.32 Å². The molecule has 0 bridgehead atoms. The second-order valence-corrected chi connectivity index (χ2v) is 9.69. The average Bonchev–Trinajstić information content (AvgIpc) is 3.32. The lowest BCUT2D eigenvalue weighted by Crippen LogP contribution is -2.42. The van der Waals surface area contributed by atoms with Gasteiger partial charge in [0.2, 0.25) is 11.8 Å². The summed E-state index contributed by atoms with van der Waals surface area (Å²) in [7, 11) is 0. The van der Waals surface area contributed by atoms with Crippen molar-refractivity contribution in [1.82, 2.24) is 19.8 Å². The third-order valence-electron chi connectivity index (χ3n) is 7.63. The van der Waals surface area contributed by atoms with Crippen LogP contribution in [-0.4, -0.2) is 45.9 Å². The van der Waals surface area contributed by atoms with E-state index < -0.39 is 0 Å². The molecule has 2 aliphatic rings. The molecule has 1 N–H and O–H groups in total. The van der Waals surface area contributed by atoms with Crippen molar-refractivity contribution in [2.45, 2.75) is 38.1 Å². The molecule has 0 radical (unpaired) electrons. The van der Waals surface area contributed by atoms with Crippen molar-refractivity contribution >= 4 is 11.8 Å². The number of imidazole rings is 1. The molecule has 1 spiro atoms. The summed E-state index contributed by atoms with van der Waals surface area (Å²) in [5, 5.41) is 3.22. The van der Waals surface area contributed by atoms with Crippen LogP contribution >= 0.6 is 0 Å². The van der Waals surface area contributed by atoms with E-state index in [1.165, 1.54) is 11.1 Å². The van der Waals surface area contributed by atoms with Crippen molar-refractivity contribution in [3.05, 3.63) is 90.5 Å². The molecule has 5 rings (SSSR count). The number of hydrogen-bond acceptors (Lipinski definition) is 3. The highest BCUT2D eigenvalue weighted by atomic mass is 16.2.